The van der Waals surface area contributed by atoms with Crippen molar-refractivity contribution < 1.29 is 45.4 Å². The summed E-state index contributed by atoms with van der Waals surface area (Å²) in [5.74, 6) is -1.88. The van der Waals surface area contributed by atoms with E-state index in [1.807, 2.05) is 0 Å². The molecule has 2 aliphatic rings. The van der Waals surface area contributed by atoms with E-state index in [2.05, 4.69) is 4.90 Å². The number of carbonyl (C=O) groups is 2. The van der Waals surface area contributed by atoms with Crippen LogP contribution in [-0.4, -0.2) is 77.1 Å². The number of piperidine rings is 2. The van der Waals surface area contributed by atoms with Crippen molar-refractivity contribution in [3.05, 3.63) is 70.0 Å². The summed E-state index contributed by atoms with van der Waals surface area (Å²) in [5, 5.41) is 9.26. The van der Waals surface area contributed by atoms with Crippen LogP contribution in [0.5, 0.6) is 0 Å². The van der Waals surface area contributed by atoms with Gasteiger partial charge in [-0.15, -0.1) is 0 Å². The summed E-state index contributed by atoms with van der Waals surface area (Å²) >= 11 is 0. The lowest BCUT2D eigenvalue weighted by Crippen LogP contribution is -2.55. The number of halogens is 7. The van der Waals surface area contributed by atoms with Crippen molar-refractivity contribution in [1.29, 1.82) is 0 Å². The first-order valence-corrected chi connectivity index (χ1v) is 13.1. The normalized spacial score (nSPS) is 21.1. The molecular weight excluding hydrogens is 559 g/mol. The molecule has 224 valence electrons. The van der Waals surface area contributed by atoms with Crippen LogP contribution in [-0.2, 0) is 12.4 Å². The third kappa shape index (κ3) is 6.77. The second-order valence-electron chi connectivity index (χ2n) is 10.7. The molecule has 2 fully saturated rings. The lowest BCUT2D eigenvalue weighted by Gasteiger charge is -2.47. The first-order chi connectivity index (χ1) is 19.1. The predicted octanol–water partition coefficient (Wildman–Crippen LogP) is 6.24. The van der Waals surface area contributed by atoms with Crippen molar-refractivity contribution in [2.24, 2.45) is 0 Å². The van der Waals surface area contributed by atoms with Crippen LogP contribution in [0.3, 0.4) is 0 Å². The van der Waals surface area contributed by atoms with Gasteiger partial charge in [0.2, 0.25) is 0 Å². The van der Waals surface area contributed by atoms with Crippen LogP contribution in [0.4, 0.5) is 35.5 Å². The van der Waals surface area contributed by atoms with Gasteiger partial charge >= 0.3 is 18.4 Å². The highest BCUT2D eigenvalue weighted by molar-refractivity contribution is 5.95. The van der Waals surface area contributed by atoms with E-state index in [4.69, 9.17) is 0 Å². The van der Waals surface area contributed by atoms with Crippen LogP contribution >= 0.6 is 0 Å². The molecular formula is C28H30F7N3O3. The zero-order chi connectivity index (χ0) is 30.3. The monoisotopic (exact) mass is 589 g/mol. The van der Waals surface area contributed by atoms with Crippen molar-refractivity contribution >= 4 is 12.0 Å². The minimum atomic E-state index is -5.09. The molecule has 0 aliphatic carbocycles. The van der Waals surface area contributed by atoms with Crippen LogP contribution in [0.15, 0.2) is 36.4 Å². The van der Waals surface area contributed by atoms with Gasteiger partial charge in [-0.05, 0) is 67.6 Å². The predicted molar refractivity (Wildman–Crippen MR) is 135 cm³/mol. The zero-order valence-electron chi connectivity index (χ0n) is 22.4. The molecule has 0 spiro atoms. The second kappa shape index (κ2) is 11.5. The molecule has 2 aromatic rings. The quantitative estimate of drug-likeness (QED) is 0.429. The number of carbonyl (C=O) groups excluding carboxylic acids is 1. The topological polar surface area (TPSA) is 64.1 Å². The lowest BCUT2D eigenvalue weighted by atomic mass is 9.81. The van der Waals surface area contributed by atoms with Crippen LogP contribution < -0.4 is 0 Å². The Kier molecular flexibility index (Phi) is 8.58. The van der Waals surface area contributed by atoms with Crippen molar-refractivity contribution in [2.45, 2.75) is 56.5 Å². The molecule has 4 rings (SSSR count). The van der Waals surface area contributed by atoms with E-state index in [1.54, 1.807) is 13.0 Å². The lowest BCUT2D eigenvalue weighted by molar-refractivity contribution is -0.143. The summed E-state index contributed by atoms with van der Waals surface area (Å²) in [6.45, 7) is 3.28. The van der Waals surface area contributed by atoms with E-state index >= 15 is 0 Å². The fraction of sp³-hybridized carbons (Fsp3) is 0.500. The van der Waals surface area contributed by atoms with E-state index in [1.165, 1.54) is 29.0 Å². The van der Waals surface area contributed by atoms with Gasteiger partial charge in [0.05, 0.1) is 11.1 Å². The average Bonchev–Trinajstić information content (AvgIpc) is 2.91. The molecule has 1 N–H and O–H groups in total. The van der Waals surface area contributed by atoms with Gasteiger partial charge in [-0.1, -0.05) is 6.07 Å². The van der Waals surface area contributed by atoms with Gasteiger partial charge in [0.25, 0.3) is 5.91 Å². The standard InChI is InChI=1S/C28H30F7N3O3/c1-16-11-20(29)3-4-22(16)23-15-38(21-5-8-37(9-6-21)26(40)41)10-7-24(23)36(2)25(39)17-12-18(27(30,31)32)14-19(13-17)28(33,34)35/h3-4,11-14,21,23-24H,5-10,15H2,1-2H3,(H,40,41). The summed E-state index contributed by atoms with van der Waals surface area (Å²) < 4.78 is 94.6. The number of rotatable bonds is 4. The highest BCUT2D eigenvalue weighted by atomic mass is 19.4. The molecule has 2 aromatic carbocycles. The van der Waals surface area contributed by atoms with Gasteiger partial charge in [-0.3, -0.25) is 9.69 Å². The minimum Gasteiger partial charge on any atom is -0.465 e. The number of aryl methyl sites for hydroxylation is 1. The molecule has 41 heavy (non-hydrogen) atoms. The Hall–Kier alpha value is -3.35. The zero-order valence-corrected chi connectivity index (χ0v) is 22.4. The van der Waals surface area contributed by atoms with Crippen molar-refractivity contribution in [1.82, 2.24) is 14.7 Å². The minimum absolute atomic E-state index is 0.0183. The van der Waals surface area contributed by atoms with E-state index in [0.29, 0.717) is 68.7 Å². The number of amides is 2. The summed E-state index contributed by atoms with van der Waals surface area (Å²) in [6, 6.07) is 4.47. The van der Waals surface area contributed by atoms with E-state index in [9.17, 15) is 45.4 Å². The number of likely N-dealkylation sites (N-methyl/N-ethyl adjacent to an activating group) is 1. The molecule has 2 aliphatic heterocycles. The Morgan fingerprint density at radius 1 is 0.902 bits per heavy atom. The highest BCUT2D eigenvalue weighted by Gasteiger charge is 2.41. The molecule has 0 bridgehead atoms. The molecule has 2 heterocycles. The Balaban J connectivity index is 1.65. The molecule has 2 atom stereocenters. The fourth-order valence-corrected chi connectivity index (χ4v) is 5.98. The largest absolute Gasteiger partial charge is 0.465 e. The summed E-state index contributed by atoms with van der Waals surface area (Å²) in [4.78, 5) is 29.5. The molecule has 6 nitrogen and oxygen atoms in total. The number of alkyl halides is 6. The molecule has 2 saturated heterocycles. The SMILES string of the molecule is Cc1cc(F)ccc1C1CN(C2CCN(C(=O)O)CC2)CCC1N(C)C(=O)c1cc(C(F)(F)F)cc(C(F)(F)F)c1. The van der Waals surface area contributed by atoms with Crippen LogP contribution in [0.2, 0.25) is 0 Å². The van der Waals surface area contributed by atoms with E-state index < -0.39 is 58.8 Å². The first-order valence-electron chi connectivity index (χ1n) is 13.1. The number of likely N-dealkylation sites (tertiary alicyclic amines) is 2. The van der Waals surface area contributed by atoms with E-state index in [0.717, 1.165) is 0 Å². The Morgan fingerprint density at radius 2 is 1.49 bits per heavy atom. The Labute approximate surface area is 232 Å². The fourth-order valence-electron chi connectivity index (χ4n) is 5.98. The van der Waals surface area contributed by atoms with Gasteiger partial charge in [-0.25, -0.2) is 9.18 Å². The molecule has 0 radical (unpaired) electrons. The number of hydrogen-bond acceptors (Lipinski definition) is 3. The van der Waals surface area contributed by atoms with Gasteiger partial charge < -0.3 is 14.9 Å². The number of carboxylic acid groups (broad SMARTS) is 1. The van der Waals surface area contributed by atoms with Crippen molar-refractivity contribution in [3.8, 4) is 0 Å². The molecule has 0 saturated carbocycles. The number of benzene rings is 2. The summed E-state index contributed by atoms with van der Waals surface area (Å²) in [5.41, 5.74) is -2.56. The van der Waals surface area contributed by atoms with Crippen molar-refractivity contribution in [2.75, 3.05) is 33.2 Å². The summed E-state index contributed by atoms with van der Waals surface area (Å²) in [7, 11) is 1.35. The first kappa shape index (κ1) is 30.6. The maximum atomic E-state index is 13.9. The van der Waals surface area contributed by atoms with Crippen LogP contribution in [0, 0.1) is 12.7 Å². The van der Waals surface area contributed by atoms with Crippen LogP contribution in [0.1, 0.15) is 57.8 Å². The average molecular weight is 590 g/mol. The maximum Gasteiger partial charge on any atom is 0.416 e. The second-order valence-corrected chi connectivity index (χ2v) is 10.7. The Bertz CT molecular complexity index is 1260. The van der Waals surface area contributed by atoms with Gasteiger partial charge in [0, 0.05) is 56.8 Å². The highest BCUT2D eigenvalue weighted by Crippen LogP contribution is 2.38. The van der Waals surface area contributed by atoms with Crippen LogP contribution in [0.25, 0.3) is 0 Å². The number of hydrogen-bond donors (Lipinski definition) is 1. The summed E-state index contributed by atoms with van der Waals surface area (Å²) in [6.07, 6.45) is -9.65. The smallest absolute Gasteiger partial charge is 0.416 e. The van der Waals surface area contributed by atoms with Crippen molar-refractivity contribution in [3.63, 3.8) is 0 Å². The van der Waals surface area contributed by atoms with E-state index in [-0.39, 0.29) is 12.1 Å². The van der Waals surface area contributed by atoms with Gasteiger partial charge in [0.1, 0.15) is 5.82 Å². The molecule has 2 unspecified atom stereocenters. The number of nitrogens with zero attached hydrogens (tertiary/aromatic N) is 3. The molecule has 0 aromatic heterocycles. The third-order valence-corrected chi connectivity index (χ3v) is 8.14. The molecule has 2 amide bonds. The molecule has 13 heteroatoms. The maximum absolute atomic E-state index is 13.9. The van der Waals surface area contributed by atoms with Gasteiger partial charge in [0.15, 0.2) is 0 Å². The van der Waals surface area contributed by atoms with Gasteiger partial charge in [-0.2, -0.15) is 26.3 Å². The Morgan fingerprint density at radius 3 is 2.00 bits per heavy atom. The third-order valence-electron chi connectivity index (χ3n) is 8.14.